The fourth-order valence-electron chi connectivity index (χ4n) is 4.03. The van der Waals surface area contributed by atoms with Crippen LogP contribution in [0.4, 0.5) is 0 Å². The van der Waals surface area contributed by atoms with Gasteiger partial charge in [-0.25, -0.2) is 5.10 Å². The van der Waals surface area contributed by atoms with Gasteiger partial charge >= 0.3 is 0 Å². The number of H-pyrrole nitrogens is 1. The molecule has 1 N–H and O–H groups in total. The van der Waals surface area contributed by atoms with Gasteiger partial charge < -0.3 is 4.90 Å². The van der Waals surface area contributed by atoms with Crippen LogP contribution in [0.5, 0.6) is 0 Å². The number of aromatic nitrogens is 3. The van der Waals surface area contributed by atoms with E-state index in [-0.39, 0.29) is 11.5 Å². The maximum Gasteiger partial charge on any atom is 0.267 e. The Morgan fingerprint density at radius 1 is 1.10 bits per heavy atom. The van der Waals surface area contributed by atoms with Gasteiger partial charge in [-0.15, -0.1) is 0 Å². The Morgan fingerprint density at radius 2 is 1.93 bits per heavy atom. The molecule has 0 fully saturated rings. The molecule has 0 radical (unpaired) electrons. The zero-order valence-corrected chi connectivity index (χ0v) is 17.2. The fourth-order valence-corrected chi connectivity index (χ4v) is 4.03. The van der Waals surface area contributed by atoms with Crippen molar-refractivity contribution < 1.29 is 4.79 Å². The SMILES string of the molecule is CN(CCc1ccccn1)C(=O)c1cccc(Cc2n[nH]c(=O)c3c2CCCC3)c1. The molecule has 3 aromatic rings. The Bertz CT molecular complexity index is 1090. The fraction of sp³-hybridized carbons (Fsp3) is 0.333. The van der Waals surface area contributed by atoms with Crippen LogP contribution in [0.3, 0.4) is 0 Å². The van der Waals surface area contributed by atoms with E-state index in [1.165, 1.54) is 0 Å². The molecule has 0 saturated carbocycles. The largest absolute Gasteiger partial charge is 0.341 e. The van der Waals surface area contributed by atoms with Crippen LogP contribution >= 0.6 is 0 Å². The van der Waals surface area contributed by atoms with Crippen LogP contribution in [0.15, 0.2) is 53.5 Å². The average Bonchev–Trinajstić information content (AvgIpc) is 2.80. The number of amides is 1. The van der Waals surface area contributed by atoms with E-state index >= 15 is 0 Å². The summed E-state index contributed by atoms with van der Waals surface area (Å²) in [4.78, 5) is 31.0. The highest BCUT2D eigenvalue weighted by molar-refractivity contribution is 5.94. The molecule has 6 heteroatoms. The maximum absolute atomic E-state index is 12.9. The molecule has 2 heterocycles. The topological polar surface area (TPSA) is 79.0 Å². The molecule has 1 aliphatic carbocycles. The van der Waals surface area contributed by atoms with Crippen molar-refractivity contribution in [2.75, 3.05) is 13.6 Å². The number of rotatable bonds is 6. The van der Waals surface area contributed by atoms with Gasteiger partial charge in [-0.3, -0.25) is 14.6 Å². The molecule has 1 aliphatic rings. The van der Waals surface area contributed by atoms with E-state index in [0.29, 0.717) is 18.5 Å². The van der Waals surface area contributed by atoms with E-state index < -0.39 is 0 Å². The lowest BCUT2D eigenvalue weighted by Crippen LogP contribution is -2.29. The van der Waals surface area contributed by atoms with Crippen molar-refractivity contribution in [2.45, 2.75) is 38.5 Å². The Hall–Kier alpha value is -3.28. The molecule has 0 aliphatic heterocycles. The smallest absolute Gasteiger partial charge is 0.267 e. The second kappa shape index (κ2) is 9.03. The Morgan fingerprint density at radius 3 is 2.73 bits per heavy atom. The highest BCUT2D eigenvalue weighted by atomic mass is 16.2. The Kier molecular flexibility index (Phi) is 6.02. The van der Waals surface area contributed by atoms with Gasteiger partial charge in [-0.1, -0.05) is 18.2 Å². The average molecular weight is 402 g/mol. The molecule has 0 spiro atoms. The second-order valence-electron chi connectivity index (χ2n) is 7.84. The number of fused-ring (bicyclic) bond motifs is 1. The number of hydrogen-bond donors (Lipinski definition) is 1. The number of aromatic amines is 1. The zero-order valence-electron chi connectivity index (χ0n) is 17.2. The van der Waals surface area contributed by atoms with Gasteiger partial charge in [0, 0.05) is 49.5 Å². The Labute approximate surface area is 176 Å². The third kappa shape index (κ3) is 4.48. The summed E-state index contributed by atoms with van der Waals surface area (Å²) in [5, 5.41) is 6.97. The molecule has 1 amide bonds. The van der Waals surface area contributed by atoms with E-state index in [1.807, 2.05) is 49.5 Å². The van der Waals surface area contributed by atoms with Crippen LogP contribution in [0.1, 0.15) is 51.3 Å². The van der Waals surface area contributed by atoms with Gasteiger partial charge in [0.05, 0.1) is 5.69 Å². The van der Waals surface area contributed by atoms with E-state index in [0.717, 1.165) is 60.2 Å². The molecule has 6 nitrogen and oxygen atoms in total. The number of carbonyl (C=O) groups is 1. The Balaban J connectivity index is 1.48. The van der Waals surface area contributed by atoms with Crippen LogP contribution in [-0.2, 0) is 25.7 Å². The minimum atomic E-state index is -0.0630. The molecule has 0 bridgehead atoms. The van der Waals surface area contributed by atoms with Crippen molar-refractivity contribution in [3.63, 3.8) is 0 Å². The molecule has 0 atom stereocenters. The van der Waals surface area contributed by atoms with Crippen LogP contribution in [-0.4, -0.2) is 39.6 Å². The summed E-state index contributed by atoms with van der Waals surface area (Å²) in [6.07, 6.45) is 6.95. The molecule has 30 heavy (non-hydrogen) atoms. The third-order valence-electron chi connectivity index (χ3n) is 5.70. The molecular formula is C24H26N4O2. The summed E-state index contributed by atoms with van der Waals surface area (Å²) >= 11 is 0. The van der Waals surface area contributed by atoms with Gasteiger partial charge in [0.1, 0.15) is 0 Å². The first kappa shape index (κ1) is 20.0. The number of nitrogens with one attached hydrogen (secondary N) is 1. The molecule has 4 rings (SSSR count). The van der Waals surface area contributed by atoms with Gasteiger partial charge in [0.25, 0.3) is 11.5 Å². The quantitative estimate of drug-likeness (QED) is 0.688. The maximum atomic E-state index is 12.9. The predicted molar refractivity (Wildman–Crippen MR) is 116 cm³/mol. The number of hydrogen-bond acceptors (Lipinski definition) is 4. The van der Waals surface area contributed by atoms with Gasteiger partial charge in [-0.2, -0.15) is 5.10 Å². The number of benzene rings is 1. The standard InChI is InChI=1S/C24H26N4O2/c1-28(14-12-19-9-4-5-13-25-19)24(30)18-8-6-7-17(15-18)16-22-20-10-2-3-11-21(20)23(29)27-26-22/h4-9,13,15H,2-3,10-12,14,16H2,1H3,(H,27,29). The number of carbonyl (C=O) groups excluding carboxylic acids is 1. The van der Waals surface area contributed by atoms with E-state index in [2.05, 4.69) is 15.2 Å². The molecule has 154 valence electrons. The molecule has 0 saturated heterocycles. The van der Waals surface area contributed by atoms with Crippen LogP contribution < -0.4 is 5.56 Å². The highest BCUT2D eigenvalue weighted by Crippen LogP contribution is 2.22. The monoisotopic (exact) mass is 402 g/mol. The summed E-state index contributed by atoms with van der Waals surface area (Å²) in [5.74, 6) is -0.00996. The predicted octanol–water partition coefficient (Wildman–Crippen LogP) is 2.95. The molecule has 1 aromatic carbocycles. The minimum Gasteiger partial charge on any atom is -0.341 e. The van der Waals surface area contributed by atoms with Gasteiger partial charge in [0.2, 0.25) is 0 Å². The molecular weight excluding hydrogens is 376 g/mol. The van der Waals surface area contributed by atoms with Crippen LogP contribution in [0.25, 0.3) is 0 Å². The summed E-state index contributed by atoms with van der Waals surface area (Å²) in [6, 6.07) is 13.5. The van der Waals surface area contributed by atoms with Gasteiger partial charge in [-0.05, 0) is 61.1 Å². The van der Waals surface area contributed by atoms with Crippen molar-refractivity contribution in [1.82, 2.24) is 20.1 Å². The minimum absolute atomic E-state index is 0.00996. The van der Waals surface area contributed by atoms with Crippen molar-refractivity contribution in [3.8, 4) is 0 Å². The number of nitrogens with zero attached hydrogens (tertiary/aromatic N) is 3. The van der Waals surface area contributed by atoms with E-state index in [1.54, 1.807) is 11.1 Å². The summed E-state index contributed by atoms with van der Waals surface area (Å²) in [6.45, 7) is 0.606. The van der Waals surface area contributed by atoms with Crippen molar-refractivity contribution in [2.24, 2.45) is 0 Å². The lowest BCUT2D eigenvalue weighted by molar-refractivity contribution is 0.0796. The number of pyridine rings is 1. The molecule has 0 unspecified atom stereocenters. The third-order valence-corrected chi connectivity index (χ3v) is 5.70. The van der Waals surface area contributed by atoms with E-state index in [4.69, 9.17) is 0 Å². The summed E-state index contributed by atoms with van der Waals surface area (Å²) < 4.78 is 0. The zero-order chi connectivity index (χ0) is 20.9. The normalized spacial score (nSPS) is 13.0. The summed E-state index contributed by atoms with van der Waals surface area (Å²) in [7, 11) is 1.82. The lowest BCUT2D eigenvalue weighted by Gasteiger charge is -2.18. The number of likely N-dealkylation sites (N-methyl/N-ethyl adjacent to an activating group) is 1. The van der Waals surface area contributed by atoms with Crippen molar-refractivity contribution in [1.29, 1.82) is 0 Å². The highest BCUT2D eigenvalue weighted by Gasteiger charge is 2.18. The molecule has 2 aromatic heterocycles. The van der Waals surface area contributed by atoms with Crippen LogP contribution in [0, 0.1) is 0 Å². The second-order valence-corrected chi connectivity index (χ2v) is 7.84. The van der Waals surface area contributed by atoms with Crippen molar-refractivity contribution >= 4 is 5.91 Å². The lowest BCUT2D eigenvalue weighted by atomic mass is 9.90. The van der Waals surface area contributed by atoms with Gasteiger partial charge in [0.15, 0.2) is 0 Å². The van der Waals surface area contributed by atoms with Crippen molar-refractivity contribution in [3.05, 3.63) is 92.7 Å². The first-order chi connectivity index (χ1) is 14.6. The first-order valence-corrected chi connectivity index (χ1v) is 10.5. The first-order valence-electron chi connectivity index (χ1n) is 10.5. The van der Waals surface area contributed by atoms with Crippen LogP contribution in [0.2, 0.25) is 0 Å². The van der Waals surface area contributed by atoms with E-state index in [9.17, 15) is 9.59 Å². The summed E-state index contributed by atoms with van der Waals surface area (Å²) in [5.41, 5.74) is 5.48.